The van der Waals surface area contributed by atoms with Crippen molar-refractivity contribution in [3.63, 3.8) is 0 Å². The van der Waals surface area contributed by atoms with Gasteiger partial charge < -0.3 is 8.85 Å². The van der Waals surface area contributed by atoms with Crippen LogP contribution in [0.1, 0.15) is 72.1 Å². The minimum atomic E-state index is -2.17. The summed E-state index contributed by atoms with van der Waals surface area (Å²) in [6, 6.07) is 1.73. The Morgan fingerprint density at radius 3 is 2.00 bits per heavy atom. The van der Waals surface area contributed by atoms with E-state index in [1.807, 2.05) is 0 Å². The van der Waals surface area contributed by atoms with Gasteiger partial charge in [-0.05, 0) is 25.7 Å². The molecule has 0 heterocycles. The highest BCUT2D eigenvalue weighted by molar-refractivity contribution is 6.64. The van der Waals surface area contributed by atoms with Crippen molar-refractivity contribution in [1.82, 2.24) is 4.98 Å². The molecule has 114 valence electrons. The Balaban J connectivity index is 2.61. The summed E-state index contributed by atoms with van der Waals surface area (Å²) in [7, 11) is -2.17. The average molecular weight is 288 g/mol. The van der Waals surface area contributed by atoms with Crippen LogP contribution in [-0.2, 0) is 8.85 Å². The van der Waals surface area contributed by atoms with E-state index >= 15 is 0 Å². The smallest absolute Gasteiger partial charge is 0.383 e. The van der Waals surface area contributed by atoms with E-state index in [0.29, 0.717) is 6.04 Å². The van der Waals surface area contributed by atoms with Gasteiger partial charge in [0.25, 0.3) is 0 Å². The molecule has 0 saturated heterocycles. The van der Waals surface area contributed by atoms with Gasteiger partial charge in [-0.15, -0.1) is 0 Å². The zero-order valence-electron chi connectivity index (χ0n) is 13.2. The maximum Gasteiger partial charge on any atom is 0.425 e. The van der Waals surface area contributed by atoms with E-state index in [4.69, 9.17) is 8.85 Å². The van der Waals surface area contributed by atoms with Gasteiger partial charge >= 0.3 is 8.72 Å². The van der Waals surface area contributed by atoms with Gasteiger partial charge in [0.15, 0.2) is 0 Å². The molecule has 1 fully saturated rings. The van der Waals surface area contributed by atoms with Gasteiger partial charge in [0.1, 0.15) is 0 Å². The second-order valence-corrected chi connectivity index (χ2v) is 8.55. The van der Waals surface area contributed by atoms with Crippen LogP contribution in [0.25, 0.3) is 0 Å². The lowest BCUT2D eigenvalue weighted by atomic mass is 10.3. The van der Waals surface area contributed by atoms with Crippen LogP contribution in [-0.4, -0.2) is 28.0 Å². The topological polar surface area (TPSA) is 30.5 Å². The average Bonchev–Trinajstić information content (AvgIpc) is 2.93. The van der Waals surface area contributed by atoms with Crippen LogP contribution in [0.4, 0.5) is 0 Å². The fourth-order valence-electron chi connectivity index (χ4n) is 2.67. The van der Waals surface area contributed by atoms with E-state index < -0.39 is 8.72 Å². The molecular weight excluding hydrogens is 254 g/mol. The summed E-state index contributed by atoms with van der Waals surface area (Å²) in [6.45, 7) is 8.26. The molecular formula is C15H33NO2Si. The Morgan fingerprint density at radius 2 is 1.53 bits per heavy atom. The number of hydrogen-bond donors (Lipinski definition) is 1. The molecule has 19 heavy (non-hydrogen) atoms. The van der Waals surface area contributed by atoms with E-state index in [9.17, 15) is 0 Å². The second-order valence-electron chi connectivity index (χ2n) is 5.68. The fraction of sp³-hybridized carbons (Fsp3) is 1.00. The van der Waals surface area contributed by atoms with E-state index in [1.54, 1.807) is 0 Å². The molecule has 3 nitrogen and oxygen atoms in total. The van der Waals surface area contributed by atoms with Crippen LogP contribution in [0.15, 0.2) is 0 Å². The Labute approximate surface area is 120 Å². The number of hydrogen-bond acceptors (Lipinski definition) is 3. The molecule has 1 N–H and O–H groups in total. The maximum absolute atomic E-state index is 6.25. The van der Waals surface area contributed by atoms with Gasteiger partial charge in [0, 0.05) is 25.3 Å². The third-order valence-corrected chi connectivity index (χ3v) is 6.92. The van der Waals surface area contributed by atoms with E-state index in [1.165, 1.54) is 38.5 Å². The molecule has 0 unspecified atom stereocenters. The zero-order valence-corrected chi connectivity index (χ0v) is 14.2. The van der Waals surface area contributed by atoms with Crippen molar-refractivity contribution in [3.05, 3.63) is 0 Å². The van der Waals surface area contributed by atoms with Crippen LogP contribution < -0.4 is 4.98 Å². The molecule has 1 aliphatic carbocycles. The Morgan fingerprint density at radius 1 is 0.947 bits per heavy atom. The number of rotatable bonds is 11. The molecule has 1 aliphatic rings. The number of unbranched alkanes of at least 4 members (excludes halogenated alkanes) is 1. The van der Waals surface area contributed by atoms with Gasteiger partial charge in [-0.3, -0.25) is 4.98 Å². The zero-order chi connectivity index (χ0) is 14.0. The molecule has 0 aromatic carbocycles. The van der Waals surface area contributed by atoms with Crippen molar-refractivity contribution in [2.45, 2.75) is 84.2 Å². The normalized spacial score (nSPS) is 17.2. The molecule has 0 bridgehead atoms. The Hall–Kier alpha value is 0.0969. The van der Waals surface area contributed by atoms with Gasteiger partial charge in [0.05, 0.1) is 0 Å². The van der Waals surface area contributed by atoms with Gasteiger partial charge in [0.2, 0.25) is 0 Å². The lowest BCUT2D eigenvalue weighted by Gasteiger charge is -2.33. The van der Waals surface area contributed by atoms with Crippen LogP contribution in [0.2, 0.25) is 6.04 Å². The first-order valence-electron chi connectivity index (χ1n) is 8.32. The molecule has 0 aromatic heterocycles. The molecule has 0 aromatic rings. The summed E-state index contributed by atoms with van der Waals surface area (Å²) in [5, 5.41) is 0. The molecule has 0 spiro atoms. The third-order valence-electron chi connectivity index (χ3n) is 3.72. The molecule has 4 heteroatoms. The van der Waals surface area contributed by atoms with Crippen molar-refractivity contribution in [3.8, 4) is 0 Å². The van der Waals surface area contributed by atoms with Crippen molar-refractivity contribution in [1.29, 1.82) is 0 Å². The summed E-state index contributed by atoms with van der Waals surface area (Å²) in [6.07, 6.45) is 9.88. The van der Waals surface area contributed by atoms with Crippen LogP contribution in [0, 0.1) is 0 Å². The Bertz CT molecular complexity index is 198. The first-order valence-corrected chi connectivity index (χ1v) is 10.3. The maximum atomic E-state index is 6.25. The fourth-order valence-corrected chi connectivity index (χ4v) is 6.15. The van der Waals surface area contributed by atoms with Gasteiger partial charge in [-0.1, -0.05) is 46.5 Å². The van der Waals surface area contributed by atoms with Crippen molar-refractivity contribution in [2.75, 3.05) is 13.2 Å². The summed E-state index contributed by atoms with van der Waals surface area (Å²) < 4.78 is 12.5. The highest BCUT2D eigenvalue weighted by atomic mass is 28.4. The minimum Gasteiger partial charge on any atom is -0.383 e. The quantitative estimate of drug-likeness (QED) is 0.580. The third kappa shape index (κ3) is 6.39. The monoisotopic (exact) mass is 287 g/mol. The van der Waals surface area contributed by atoms with E-state index in [-0.39, 0.29) is 0 Å². The minimum absolute atomic E-state index is 0.636. The van der Waals surface area contributed by atoms with Crippen LogP contribution in [0.5, 0.6) is 0 Å². The first kappa shape index (κ1) is 17.1. The summed E-state index contributed by atoms with van der Waals surface area (Å²) in [4.78, 5) is 3.83. The summed E-state index contributed by atoms with van der Waals surface area (Å²) in [5.41, 5.74) is 0. The largest absolute Gasteiger partial charge is 0.425 e. The van der Waals surface area contributed by atoms with Crippen molar-refractivity contribution < 1.29 is 8.85 Å². The summed E-state index contributed by atoms with van der Waals surface area (Å²) in [5.74, 6) is 0. The lowest BCUT2D eigenvalue weighted by Crippen LogP contribution is -2.59. The van der Waals surface area contributed by atoms with Gasteiger partial charge in [-0.25, -0.2) is 0 Å². The first-order chi connectivity index (χ1) is 9.26. The van der Waals surface area contributed by atoms with Crippen LogP contribution >= 0.6 is 0 Å². The molecule has 0 amide bonds. The molecule has 1 saturated carbocycles. The summed E-state index contributed by atoms with van der Waals surface area (Å²) >= 11 is 0. The SMILES string of the molecule is CCCC[Si](NC1CCCC1)(OCCC)OCCC. The Kier molecular flexibility index (Phi) is 8.95. The molecule has 0 radical (unpaired) electrons. The highest BCUT2D eigenvalue weighted by Gasteiger charge is 2.40. The standard InChI is InChI=1S/C15H33NO2Si/c1-4-7-14-19(17-12-5-2,18-13-6-3)16-15-10-8-9-11-15/h15-16H,4-14H2,1-3H3. The highest BCUT2D eigenvalue weighted by Crippen LogP contribution is 2.23. The van der Waals surface area contributed by atoms with Crippen LogP contribution in [0.3, 0.4) is 0 Å². The van der Waals surface area contributed by atoms with E-state index in [2.05, 4.69) is 25.8 Å². The molecule has 1 rings (SSSR count). The molecule has 0 atom stereocenters. The number of nitrogens with one attached hydrogen (secondary N) is 1. The second kappa shape index (κ2) is 9.92. The van der Waals surface area contributed by atoms with Gasteiger partial charge in [-0.2, -0.15) is 0 Å². The predicted molar refractivity (Wildman–Crippen MR) is 83.3 cm³/mol. The van der Waals surface area contributed by atoms with Crippen molar-refractivity contribution >= 4 is 8.72 Å². The van der Waals surface area contributed by atoms with Crippen molar-refractivity contribution in [2.24, 2.45) is 0 Å². The van der Waals surface area contributed by atoms with E-state index in [0.717, 1.165) is 32.1 Å². The predicted octanol–water partition coefficient (Wildman–Crippen LogP) is 4.11. The lowest BCUT2D eigenvalue weighted by molar-refractivity contribution is 0.151. The molecule has 0 aliphatic heterocycles.